The van der Waals surface area contributed by atoms with E-state index in [-0.39, 0.29) is 22.8 Å². The zero-order chi connectivity index (χ0) is 19.7. The first-order valence-corrected chi connectivity index (χ1v) is 9.76. The van der Waals surface area contributed by atoms with Crippen LogP contribution < -0.4 is 0 Å². The highest BCUT2D eigenvalue weighted by molar-refractivity contribution is 7.86. The van der Waals surface area contributed by atoms with Crippen LogP contribution in [0.2, 0.25) is 10.0 Å². The molecule has 0 saturated heterocycles. The number of benzene rings is 2. The summed E-state index contributed by atoms with van der Waals surface area (Å²) < 4.78 is 43.6. The van der Waals surface area contributed by atoms with Crippen molar-refractivity contribution < 1.29 is 21.8 Å². The van der Waals surface area contributed by atoms with E-state index in [4.69, 9.17) is 27.4 Å². The Hall–Kier alpha value is -1.47. The summed E-state index contributed by atoms with van der Waals surface area (Å²) >= 11 is 11.9. The predicted octanol–water partition coefficient (Wildman–Crippen LogP) is 5.11. The second-order valence-electron chi connectivity index (χ2n) is 6.88. The van der Waals surface area contributed by atoms with Crippen LogP contribution >= 0.6 is 23.2 Å². The quantitative estimate of drug-likeness (QED) is 0.499. The van der Waals surface area contributed by atoms with Crippen LogP contribution in [0.4, 0.5) is 4.39 Å². The van der Waals surface area contributed by atoms with Crippen LogP contribution in [-0.2, 0) is 14.3 Å². The molecule has 8 heteroatoms. The molecule has 0 heterocycles. The van der Waals surface area contributed by atoms with Gasteiger partial charge in [0.1, 0.15) is 10.7 Å². The minimum absolute atomic E-state index is 0.0477. The van der Waals surface area contributed by atoms with Crippen molar-refractivity contribution in [3.8, 4) is 0 Å². The largest absolute Gasteiger partial charge is 0.299 e. The third-order valence-electron chi connectivity index (χ3n) is 3.28. The topological polar surface area (TPSA) is 60.4 Å². The van der Waals surface area contributed by atoms with Gasteiger partial charge in [-0.2, -0.15) is 8.42 Å². The van der Waals surface area contributed by atoms with Crippen molar-refractivity contribution in [3.05, 3.63) is 63.4 Å². The first-order valence-electron chi connectivity index (χ1n) is 7.59. The molecule has 2 rings (SSSR count). The fourth-order valence-electron chi connectivity index (χ4n) is 1.98. The molecule has 140 valence electrons. The molecule has 0 aliphatic carbocycles. The molecule has 0 amide bonds. The Labute approximate surface area is 162 Å². The third-order valence-corrected chi connectivity index (χ3v) is 5.13. The van der Waals surface area contributed by atoms with Crippen molar-refractivity contribution >= 4 is 39.1 Å². The zero-order valence-electron chi connectivity index (χ0n) is 14.3. The van der Waals surface area contributed by atoms with E-state index in [1.165, 1.54) is 24.3 Å². The van der Waals surface area contributed by atoms with Gasteiger partial charge in [0.25, 0.3) is 10.1 Å². The van der Waals surface area contributed by atoms with Crippen LogP contribution in [0.5, 0.6) is 0 Å². The van der Waals surface area contributed by atoms with Gasteiger partial charge < -0.3 is 0 Å². The molecule has 0 aliphatic heterocycles. The average molecular weight is 419 g/mol. The molecule has 4 nitrogen and oxygen atoms in total. The second kappa shape index (κ2) is 7.64. The summed E-state index contributed by atoms with van der Waals surface area (Å²) in [5.74, 6) is -1.59. The number of halogens is 3. The molecule has 0 aromatic heterocycles. The maximum Gasteiger partial charge on any atom is 0.299 e. The Balaban J connectivity index is 2.44. The standard InChI is InChI=1S/C18H17Cl2FO4S/c1-18(2,3)10-25-26(23,24)16-8-11(4-7-15(16)21)17(22)13-9-12(19)5-6-14(13)20/h4-9H,10H2,1-3H3. The van der Waals surface area contributed by atoms with E-state index in [1.807, 2.05) is 0 Å². The molecule has 0 spiro atoms. The minimum atomic E-state index is -4.37. The van der Waals surface area contributed by atoms with Crippen molar-refractivity contribution in [1.82, 2.24) is 0 Å². The van der Waals surface area contributed by atoms with Gasteiger partial charge in [-0.05, 0) is 41.8 Å². The van der Waals surface area contributed by atoms with Crippen molar-refractivity contribution in [3.63, 3.8) is 0 Å². The van der Waals surface area contributed by atoms with Gasteiger partial charge in [-0.3, -0.25) is 8.98 Å². The first-order chi connectivity index (χ1) is 11.9. The molecule has 0 atom stereocenters. The van der Waals surface area contributed by atoms with Crippen LogP contribution in [0.1, 0.15) is 36.7 Å². The number of hydrogen-bond acceptors (Lipinski definition) is 4. The number of carbonyl (C=O) groups excluding carboxylic acids is 1. The SMILES string of the molecule is CC(C)(C)COS(=O)(=O)c1cc(C(=O)c2cc(Cl)ccc2Cl)ccc1F. The fraction of sp³-hybridized carbons (Fsp3) is 0.278. The molecule has 26 heavy (non-hydrogen) atoms. The Morgan fingerprint density at radius 1 is 1.12 bits per heavy atom. The third kappa shape index (κ3) is 5.04. The highest BCUT2D eigenvalue weighted by Gasteiger charge is 2.25. The smallest absolute Gasteiger partial charge is 0.289 e. The highest BCUT2D eigenvalue weighted by Crippen LogP contribution is 2.26. The van der Waals surface area contributed by atoms with Crippen molar-refractivity contribution in [2.24, 2.45) is 5.41 Å². The summed E-state index contributed by atoms with van der Waals surface area (Å²) in [5, 5.41) is 0.443. The van der Waals surface area contributed by atoms with Gasteiger partial charge in [-0.25, -0.2) is 4.39 Å². The summed E-state index contributed by atoms with van der Waals surface area (Å²) in [6.45, 7) is 5.20. The Kier molecular flexibility index (Phi) is 6.13. The van der Waals surface area contributed by atoms with Gasteiger partial charge in [0, 0.05) is 16.1 Å². The van der Waals surface area contributed by atoms with E-state index in [1.54, 1.807) is 20.8 Å². The number of hydrogen-bond donors (Lipinski definition) is 0. The molecule has 0 N–H and O–H groups in total. The lowest BCUT2D eigenvalue weighted by atomic mass is 9.99. The summed E-state index contributed by atoms with van der Waals surface area (Å²) in [4.78, 5) is 11.9. The first kappa shape index (κ1) is 20.8. The molecule has 0 bridgehead atoms. The molecule has 2 aromatic rings. The Bertz CT molecular complexity index is 950. The van der Waals surface area contributed by atoms with E-state index in [0.29, 0.717) is 5.02 Å². The van der Waals surface area contributed by atoms with Gasteiger partial charge in [0.2, 0.25) is 0 Å². The van der Waals surface area contributed by atoms with Crippen molar-refractivity contribution in [1.29, 1.82) is 0 Å². The Morgan fingerprint density at radius 2 is 1.77 bits per heavy atom. The molecular formula is C18H17Cl2FO4S. The lowest BCUT2D eigenvalue weighted by Crippen LogP contribution is -2.19. The van der Waals surface area contributed by atoms with Crippen LogP contribution in [0.3, 0.4) is 0 Å². The summed E-state index contributed by atoms with van der Waals surface area (Å²) in [5.41, 5.74) is -0.399. The van der Waals surface area contributed by atoms with Gasteiger partial charge in [0.15, 0.2) is 5.78 Å². The van der Waals surface area contributed by atoms with Gasteiger partial charge in [0.05, 0.1) is 11.6 Å². The molecule has 2 aromatic carbocycles. The van der Waals surface area contributed by atoms with E-state index in [0.717, 1.165) is 12.1 Å². The van der Waals surface area contributed by atoms with E-state index >= 15 is 0 Å². The average Bonchev–Trinajstić information content (AvgIpc) is 2.54. The molecule has 0 aliphatic rings. The van der Waals surface area contributed by atoms with E-state index < -0.39 is 32.0 Å². The molecule has 0 fully saturated rings. The van der Waals surface area contributed by atoms with Gasteiger partial charge in [-0.1, -0.05) is 44.0 Å². The number of rotatable bonds is 5. The second-order valence-corrected chi connectivity index (χ2v) is 9.30. The molecule has 0 unspecified atom stereocenters. The minimum Gasteiger partial charge on any atom is -0.289 e. The zero-order valence-corrected chi connectivity index (χ0v) is 16.7. The van der Waals surface area contributed by atoms with E-state index in [2.05, 4.69) is 0 Å². The summed E-state index contributed by atoms with van der Waals surface area (Å²) in [6.07, 6.45) is 0. The van der Waals surface area contributed by atoms with Crippen molar-refractivity contribution in [2.45, 2.75) is 25.7 Å². The van der Waals surface area contributed by atoms with E-state index in [9.17, 15) is 17.6 Å². The normalized spacial score (nSPS) is 12.2. The number of carbonyl (C=O) groups is 1. The van der Waals surface area contributed by atoms with Gasteiger partial charge in [-0.15, -0.1) is 0 Å². The molecule has 0 saturated carbocycles. The lowest BCUT2D eigenvalue weighted by Gasteiger charge is -2.18. The maximum atomic E-state index is 14.1. The number of ketones is 1. The predicted molar refractivity (Wildman–Crippen MR) is 98.9 cm³/mol. The summed E-state index contributed by atoms with van der Waals surface area (Å²) in [7, 11) is -4.37. The Morgan fingerprint density at radius 3 is 2.38 bits per heavy atom. The fourth-order valence-corrected chi connectivity index (χ4v) is 3.57. The molecular weight excluding hydrogens is 402 g/mol. The summed E-state index contributed by atoms with van der Waals surface area (Å²) in [6, 6.07) is 7.34. The maximum absolute atomic E-state index is 14.1. The van der Waals surface area contributed by atoms with Crippen LogP contribution in [0.15, 0.2) is 41.3 Å². The monoisotopic (exact) mass is 418 g/mol. The van der Waals surface area contributed by atoms with Gasteiger partial charge >= 0.3 is 0 Å². The van der Waals surface area contributed by atoms with Crippen molar-refractivity contribution in [2.75, 3.05) is 6.61 Å². The highest BCUT2D eigenvalue weighted by atomic mass is 35.5. The van der Waals surface area contributed by atoms with Crippen LogP contribution in [0, 0.1) is 11.2 Å². The van der Waals surface area contributed by atoms with Crippen LogP contribution in [0.25, 0.3) is 0 Å². The lowest BCUT2D eigenvalue weighted by molar-refractivity contribution is 0.103. The van der Waals surface area contributed by atoms with Crippen LogP contribution in [-0.4, -0.2) is 20.8 Å². The molecule has 0 radical (unpaired) electrons.